The van der Waals surface area contributed by atoms with E-state index in [2.05, 4.69) is 0 Å². The number of hydrogen-bond donors (Lipinski definition) is 1. The zero-order valence-electron chi connectivity index (χ0n) is 7.19. The summed E-state index contributed by atoms with van der Waals surface area (Å²) in [5.74, 6) is 8.84. The minimum Gasteiger partial charge on any atom is -0.327 e. The molecule has 0 aromatic carbocycles. The van der Waals surface area contributed by atoms with E-state index in [1.54, 1.807) is 12.8 Å². The average Bonchev–Trinajstić information content (AvgIpc) is 2.68. The second kappa shape index (κ2) is 1.30. The highest BCUT2D eigenvalue weighted by atomic mass is 14.9. The van der Waals surface area contributed by atoms with Gasteiger partial charge < -0.3 is 5.73 Å². The molecule has 0 aromatic rings. The lowest BCUT2D eigenvalue weighted by Crippen LogP contribution is -2.30. The van der Waals surface area contributed by atoms with Gasteiger partial charge in [-0.1, -0.05) is 0 Å². The lowest BCUT2D eigenvalue weighted by Gasteiger charge is -2.33. The first-order valence-electron chi connectivity index (χ1n) is 5.63. The van der Waals surface area contributed by atoms with Crippen LogP contribution in [0.5, 0.6) is 0 Å². The fraction of sp³-hybridized carbons (Fsp3) is 1.00. The molecule has 0 aliphatic heterocycles. The van der Waals surface area contributed by atoms with Crippen molar-refractivity contribution in [1.82, 2.24) is 0 Å². The molecule has 1 nitrogen and oxygen atoms in total. The van der Waals surface area contributed by atoms with Gasteiger partial charge in [0.15, 0.2) is 0 Å². The molecule has 1 unspecified atom stereocenters. The second-order valence-corrected chi connectivity index (χ2v) is 6.01. The predicted molar refractivity (Wildman–Crippen MR) is 45.1 cm³/mol. The molecule has 6 aliphatic carbocycles. The van der Waals surface area contributed by atoms with Crippen LogP contribution in [0.3, 0.4) is 0 Å². The van der Waals surface area contributed by atoms with Gasteiger partial charge in [0.1, 0.15) is 0 Å². The Bertz CT molecular complexity index is 251. The van der Waals surface area contributed by atoms with Crippen molar-refractivity contribution in [2.24, 2.45) is 53.1 Å². The third-order valence-electron chi connectivity index (χ3n) is 6.38. The van der Waals surface area contributed by atoms with Gasteiger partial charge in [0.25, 0.3) is 0 Å². The van der Waals surface area contributed by atoms with Crippen molar-refractivity contribution in [3.8, 4) is 0 Å². The molecule has 1 heteroatoms. The Balaban J connectivity index is 1.89. The minimum absolute atomic E-state index is 0.646. The van der Waals surface area contributed by atoms with Crippen LogP contribution in [0, 0.1) is 47.3 Å². The van der Waals surface area contributed by atoms with Gasteiger partial charge in [0, 0.05) is 6.04 Å². The summed E-state index contributed by atoms with van der Waals surface area (Å²) in [6.45, 7) is 0. The van der Waals surface area contributed by atoms with Gasteiger partial charge in [0.05, 0.1) is 0 Å². The highest BCUT2D eigenvalue weighted by Gasteiger charge is 2.79. The van der Waals surface area contributed by atoms with Gasteiger partial charge in [0.2, 0.25) is 0 Å². The smallest absolute Gasteiger partial charge is 0.0107 e. The Hall–Kier alpha value is -0.0400. The van der Waals surface area contributed by atoms with Crippen LogP contribution < -0.4 is 5.73 Å². The summed E-state index contributed by atoms with van der Waals surface area (Å²) in [4.78, 5) is 0. The average molecular weight is 161 g/mol. The van der Waals surface area contributed by atoms with E-state index in [0.717, 1.165) is 35.5 Å². The third kappa shape index (κ3) is 0.296. The molecule has 2 N–H and O–H groups in total. The first kappa shape index (κ1) is 5.64. The van der Waals surface area contributed by atoms with E-state index < -0.39 is 0 Å². The van der Waals surface area contributed by atoms with Crippen LogP contribution in [0.2, 0.25) is 0 Å². The maximum absolute atomic E-state index is 6.34. The van der Waals surface area contributed by atoms with Crippen LogP contribution in [-0.4, -0.2) is 6.04 Å². The molecule has 6 fully saturated rings. The monoisotopic (exact) mass is 161 g/mol. The van der Waals surface area contributed by atoms with Crippen LogP contribution >= 0.6 is 0 Å². The highest BCUT2D eigenvalue weighted by Crippen LogP contribution is 2.82. The summed E-state index contributed by atoms with van der Waals surface area (Å²) in [6, 6.07) is 0.646. The van der Waals surface area contributed by atoms with Crippen molar-refractivity contribution in [3.05, 3.63) is 0 Å². The normalized spacial score (nSPS) is 85.2. The summed E-state index contributed by atoms with van der Waals surface area (Å²) >= 11 is 0. The molecule has 0 heterocycles. The van der Waals surface area contributed by atoms with Crippen molar-refractivity contribution in [1.29, 1.82) is 0 Å². The summed E-state index contributed by atoms with van der Waals surface area (Å²) in [6.07, 6.45) is 3.18. The molecule has 6 aliphatic rings. The molecule has 0 amide bonds. The van der Waals surface area contributed by atoms with E-state index in [-0.39, 0.29) is 0 Å². The summed E-state index contributed by atoms with van der Waals surface area (Å²) in [5.41, 5.74) is 6.34. The zero-order chi connectivity index (χ0) is 7.61. The fourth-order valence-electron chi connectivity index (χ4n) is 6.69. The van der Waals surface area contributed by atoms with Gasteiger partial charge in [-0.25, -0.2) is 0 Å². The first-order chi connectivity index (χ1) is 5.88. The molecular weight excluding hydrogens is 146 g/mol. The van der Waals surface area contributed by atoms with Crippen molar-refractivity contribution >= 4 is 0 Å². The molecule has 6 bridgehead atoms. The van der Waals surface area contributed by atoms with Crippen LogP contribution in [0.15, 0.2) is 0 Å². The van der Waals surface area contributed by atoms with Gasteiger partial charge >= 0.3 is 0 Å². The zero-order valence-corrected chi connectivity index (χ0v) is 7.19. The van der Waals surface area contributed by atoms with Gasteiger partial charge in [-0.2, -0.15) is 0 Å². The van der Waals surface area contributed by atoms with Crippen LogP contribution in [-0.2, 0) is 0 Å². The van der Waals surface area contributed by atoms with Crippen molar-refractivity contribution in [3.63, 3.8) is 0 Å². The lowest BCUT2D eigenvalue weighted by atomic mass is 9.71. The summed E-state index contributed by atoms with van der Waals surface area (Å²) < 4.78 is 0. The molecule has 9 atom stereocenters. The second-order valence-electron chi connectivity index (χ2n) is 6.01. The van der Waals surface area contributed by atoms with E-state index in [0.29, 0.717) is 6.04 Å². The van der Waals surface area contributed by atoms with Crippen LogP contribution in [0.25, 0.3) is 0 Å². The third-order valence-corrected chi connectivity index (χ3v) is 6.38. The van der Waals surface area contributed by atoms with Gasteiger partial charge in [-0.05, 0) is 60.2 Å². The van der Waals surface area contributed by atoms with E-state index in [9.17, 15) is 0 Å². The summed E-state index contributed by atoms with van der Waals surface area (Å²) in [7, 11) is 0. The fourth-order valence-corrected chi connectivity index (χ4v) is 6.69. The molecule has 0 radical (unpaired) electrons. The van der Waals surface area contributed by atoms with Gasteiger partial charge in [-0.3, -0.25) is 0 Å². The predicted octanol–water partition coefficient (Wildman–Crippen LogP) is 1.09. The van der Waals surface area contributed by atoms with Gasteiger partial charge in [-0.15, -0.1) is 0 Å². The van der Waals surface area contributed by atoms with Crippen LogP contribution in [0.1, 0.15) is 12.8 Å². The van der Waals surface area contributed by atoms with E-state index >= 15 is 0 Å². The largest absolute Gasteiger partial charge is 0.327 e. The topological polar surface area (TPSA) is 26.0 Å². The summed E-state index contributed by atoms with van der Waals surface area (Å²) in [5, 5.41) is 0. The van der Waals surface area contributed by atoms with Crippen molar-refractivity contribution < 1.29 is 0 Å². The molecule has 0 aromatic heterocycles. The Morgan fingerprint density at radius 1 is 0.667 bits per heavy atom. The SMILES string of the molecule is NC1[C@@H]2[C@@H]3C[C@H]4[C@H]5C[C@H]([C@H]1[C@H]53)[C@@H]42. The highest BCUT2D eigenvalue weighted by molar-refractivity contribution is 5.28. The van der Waals surface area contributed by atoms with Crippen molar-refractivity contribution in [2.75, 3.05) is 0 Å². The first-order valence-corrected chi connectivity index (χ1v) is 5.63. The number of rotatable bonds is 0. The Kier molecular flexibility index (Phi) is 0.609. The lowest BCUT2D eigenvalue weighted by molar-refractivity contribution is 0.132. The molecule has 6 saturated carbocycles. The molecule has 64 valence electrons. The maximum Gasteiger partial charge on any atom is 0.0107 e. The molecular formula is C11H15N. The van der Waals surface area contributed by atoms with Crippen molar-refractivity contribution in [2.45, 2.75) is 18.9 Å². The number of nitrogens with two attached hydrogens (primary N) is 1. The molecule has 6 rings (SSSR count). The van der Waals surface area contributed by atoms with Crippen LogP contribution in [0.4, 0.5) is 0 Å². The molecule has 12 heavy (non-hydrogen) atoms. The minimum atomic E-state index is 0.646. The molecule has 0 spiro atoms. The Labute approximate surface area is 72.7 Å². The Morgan fingerprint density at radius 3 is 1.67 bits per heavy atom. The molecule has 0 saturated heterocycles. The van der Waals surface area contributed by atoms with E-state index in [1.165, 1.54) is 11.8 Å². The van der Waals surface area contributed by atoms with E-state index in [4.69, 9.17) is 5.73 Å². The standard InChI is InChI=1S/C11H15N/c12-11-9-5-1-3-4-2-6(7(3)9)10(11)8(4)5/h3-11H,1-2,12H2/t3-,4+,5+,6-,7-,8-,9+,10-,11?/m1/s1. The quantitative estimate of drug-likeness (QED) is 0.565. The number of hydrogen-bond acceptors (Lipinski definition) is 1. The maximum atomic E-state index is 6.34. The Morgan fingerprint density at radius 2 is 1.17 bits per heavy atom. The van der Waals surface area contributed by atoms with E-state index in [1.807, 2.05) is 0 Å².